The van der Waals surface area contributed by atoms with Crippen LogP contribution in [0.1, 0.15) is 30.1 Å². The summed E-state index contributed by atoms with van der Waals surface area (Å²) in [5.74, 6) is 1.04. The first-order chi connectivity index (χ1) is 11.9. The third-order valence-corrected chi connectivity index (χ3v) is 7.10. The van der Waals surface area contributed by atoms with Crippen molar-refractivity contribution in [3.05, 3.63) is 35.0 Å². The van der Waals surface area contributed by atoms with E-state index in [0.29, 0.717) is 13.1 Å². The molecule has 1 saturated heterocycles. The molecule has 0 unspecified atom stereocenters. The molecule has 0 radical (unpaired) electrons. The first-order valence-electron chi connectivity index (χ1n) is 8.20. The van der Waals surface area contributed by atoms with Gasteiger partial charge in [-0.2, -0.15) is 17.0 Å². The molecule has 0 aromatic carbocycles. The SMILES string of the molecule is Cc1csc(Nc2cccc(C3CCN(S(=O)(=O)N(C)C)CC3)n2)n1. The Morgan fingerprint density at radius 2 is 1.96 bits per heavy atom. The molecule has 1 fully saturated rings. The van der Waals surface area contributed by atoms with Gasteiger partial charge in [-0.15, -0.1) is 11.3 Å². The maximum Gasteiger partial charge on any atom is 0.281 e. The highest BCUT2D eigenvalue weighted by Crippen LogP contribution is 2.29. The minimum atomic E-state index is -3.33. The number of pyridine rings is 1. The molecule has 0 atom stereocenters. The highest BCUT2D eigenvalue weighted by Gasteiger charge is 2.30. The second-order valence-corrected chi connectivity index (χ2v) is 9.33. The summed E-state index contributed by atoms with van der Waals surface area (Å²) in [7, 11) is -0.189. The van der Waals surface area contributed by atoms with E-state index in [2.05, 4.69) is 10.3 Å². The zero-order valence-corrected chi connectivity index (χ0v) is 16.3. The largest absolute Gasteiger partial charge is 0.316 e. The van der Waals surface area contributed by atoms with Gasteiger partial charge in [-0.3, -0.25) is 0 Å². The van der Waals surface area contributed by atoms with Crippen LogP contribution in [-0.4, -0.2) is 54.2 Å². The molecule has 1 aliphatic rings. The number of hydrogen-bond donors (Lipinski definition) is 1. The number of rotatable bonds is 5. The number of nitrogens with one attached hydrogen (secondary N) is 1. The van der Waals surface area contributed by atoms with Crippen LogP contribution < -0.4 is 5.32 Å². The molecule has 2 aromatic heterocycles. The number of nitrogens with zero attached hydrogens (tertiary/aromatic N) is 4. The summed E-state index contributed by atoms with van der Waals surface area (Å²) in [6.45, 7) is 3.01. The fourth-order valence-corrected chi connectivity index (χ4v) is 4.71. The summed E-state index contributed by atoms with van der Waals surface area (Å²) in [4.78, 5) is 9.09. The van der Waals surface area contributed by atoms with Gasteiger partial charge in [-0.1, -0.05) is 6.07 Å². The lowest BCUT2D eigenvalue weighted by Gasteiger charge is -2.32. The number of anilines is 2. The van der Waals surface area contributed by atoms with E-state index >= 15 is 0 Å². The van der Waals surface area contributed by atoms with Gasteiger partial charge in [-0.05, 0) is 31.9 Å². The van der Waals surface area contributed by atoms with E-state index < -0.39 is 10.2 Å². The maximum absolute atomic E-state index is 12.2. The van der Waals surface area contributed by atoms with E-state index in [1.54, 1.807) is 29.7 Å². The van der Waals surface area contributed by atoms with E-state index in [4.69, 9.17) is 4.98 Å². The summed E-state index contributed by atoms with van der Waals surface area (Å²) < 4.78 is 27.2. The summed E-state index contributed by atoms with van der Waals surface area (Å²) in [5, 5.41) is 6.06. The number of aromatic nitrogens is 2. The first-order valence-corrected chi connectivity index (χ1v) is 10.5. The Balaban J connectivity index is 1.67. The second-order valence-electron chi connectivity index (χ2n) is 6.33. The Morgan fingerprint density at radius 3 is 2.56 bits per heavy atom. The minimum Gasteiger partial charge on any atom is -0.316 e. The Bertz CT molecular complexity index is 827. The van der Waals surface area contributed by atoms with Crippen molar-refractivity contribution in [2.75, 3.05) is 32.5 Å². The van der Waals surface area contributed by atoms with Gasteiger partial charge in [0.2, 0.25) is 0 Å². The smallest absolute Gasteiger partial charge is 0.281 e. The lowest BCUT2D eigenvalue weighted by atomic mass is 9.94. The molecule has 0 spiro atoms. The van der Waals surface area contributed by atoms with Gasteiger partial charge in [0.05, 0.1) is 5.69 Å². The van der Waals surface area contributed by atoms with Crippen LogP contribution >= 0.6 is 11.3 Å². The lowest BCUT2D eigenvalue weighted by Crippen LogP contribution is -2.44. The van der Waals surface area contributed by atoms with Crippen LogP contribution in [0.5, 0.6) is 0 Å². The van der Waals surface area contributed by atoms with Crippen molar-refractivity contribution in [2.24, 2.45) is 0 Å². The molecule has 0 saturated carbocycles. The highest BCUT2D eigenvalue weighted by molar-refractivity contribution is 7.86. The van der Waals surface area contributed by atoms with E-state index in [1.807, 2.05) is 30.5 Å². The van der Waals surface area contributed by atoms with E-state index in [0.717, 1.165) is 35.2 Å². The standard InChI is InChI=1S/C16H23N5O2S2/c1-12-11-24-16(17-12)19-15-6-4-5-14(18-15)13-7-9-21(10-8-13)25(22,23)20(2)3/h4-6,11,13H,7-10H2,1-3H3,(H,17,18,19). The summed E-state index contributed by atoms with van der Waals surface area (Å²) in [6.07, 6.45) is 1.56. The van der Waals surface area contributed by atoms with Gasteiger partial charge in [0.15, 0.2) is 5.13 Å². The third kappa shape index (κ3) is 4.17. The summed E-state index contributed by atoms with van der Waals surface area (Å²) in [5.41, 5.74) is 1.98. The third-order valence-electron chi connectivity index (χ3n) is 4.28. The molecule has 9 heteroatoms. The molecule has 136 valence electrons. The fourth-order valence-electron chi connectivity index (χ4n) is 2.88. The van der Waals surface area contributed by atoms with Crippen LogP contribution in [-0.2, 0) is 10.2 Å². The molecule has 2 aromatic rings. The predicted octanol–water partition coefficient (Wildman–Crippen LogP) is 2.58. The van der Waals surface area contributed by atoms with Crippen molar-refractivity contribution in [2.45, 2.75) is 25.7 Å². The maximum atomic E-state index is 12.2. The van der Waals surface area contributed by atoms with Crippen molar-refractivity contribution in [1.29, 1.82) is 0 Å². The summed E-state index contributed by atoms with van der Waals surface area (Å²) in [6, 6.07) is 5.92. The quantitative estimate of drug-likeness (QED) is 0.861. The van der Waals surface area contributed by atoms with Crippen LogP contribution in [0.25, 0.3) is 0 Å². The molecule has 0 bridgehead atoms. The van der Waals surface area contributed by atoms with Gasteiger partial charge in [0.25, 0.3) is 10.2 Å². The molecule has 3 rings (SSSR count). The van der Waals surface area contributed by atoms with Crippen molar-refractivity contribution < 1.29 is 8.42 Å². The average Bonchev–Trinajstić information content (AvgIpc) is 3.00. The Labute approximate surface area is 152 Å². The number of aryl methyl sites for hydroxylation is 1. The molecule has 1 aliphatic heterocycles. The van der Waals surface area contributed by atoms with Gasteiger partial charge in [0, 0.05) is 44.2 Å². The van der Waals surface area contributed by atoms with Crippen LogP contribution in [0.4, 0.5) is 10.9 Å². The normalized spacial score (nSPS) is 17.1. The lowest BCUT2D eigenvalue weighted by molar-refractivity contribution is 0.300. The average molecular weight is 382 g/mol. The van der Waals surface area contributed by atoms with Gasteiger partial charge in [0.1, 0.15) is 5.82 Å². The monoisotopic (exact) mass is 381 g/mol. The number of piperidine rings is 1. The summed E-state index contributed by atoms with van der Waals surface area (Å²) >= 11 is 1.55. The second kappa shape index (κ2) is 7.36. The molecule has 0 aliphatic carbocycles. The fraction of sp³-hybridized carbons (Fsp3) is 0.500. The van der Waals surface area contributed by atoms with E-state index in [-0.39, 0.29) is 5.92 Å². The van der Waals surface area contributed by atoms with Gasteiger partial charge >= 0.3 is 0 Å². The van der Waals surface area contributed by atoms with Crippen molar-refractivity contribution in [1.82, 2.24) is 18.6 Å². The van der Waals surface area contributed by atoms with Gasteiger partial charge < -0.3 is 5.32 Å². The Kier molecular flexibility index (Phi) is 5.38. The minimum absolute atomic E-state index is 0.272. The molecule has 1 N–H and O–H groups in total. The zero-order chi connectivity index (χ0) is 18.0. The van der Waals surface area contributed by atoms with Crippen LogP contribution in [0.2, 0.25) is 0 Å². The van der Waals surface area contributed by atoms with Crippen LogP contribution in [0.15, 0.2) is 23.6 Å². The zero-order valence-electron chi connectivity index (χ0n) is 14.6. The van der Waals surface area contributed by atoms with Crippen molar-refractivity contribution in [3.8, 4) is 0 Å². The number of thiazole rings is 1. The molecule has 7 nitrogen and oxygen atoms in total. The molecular formula is C16H23N5O2S2. The predicted molar refractivity (Wildman–Crippen MR) is 101 cm³/mol. The molecule has 0 amide bonds. The van der Waals surface area contributed by atoms with Crippen molar-refractivity contribution in [3.63, 3.8) is 0 Å². The molecular weight excluding hydrogens is 358 g/mol. The number of hydrogen-bond acceptors (Lipinski definition) is 6. The van der Waals surface area contributed by atoms with E-state index in [9.17, 15) is 8.42 Å². The Hall–Kier alpha value is -1.55. The highest BCUT2D eigenvalue weighted by atomic mass is 32.2. The van der Waals surface area contributed by atoms with Crippen LogP contribution in [0, 0.1) is 6.92 Å². The van der Waals surface area contributed by atoms with E-state index in [1.165, 1.54) is 4.31 Å². The van der Waals surface area contributed by atoms with Gasteiger partial charge in [-0.25, -0.2) is 9.97 Å². The van der Waals surface area contributed by atoms with Crippen LogP contribution in [0.3, 0.4) is 0 Å². The topological polar surface area (TPSA) is 78.4 Å². The first kappa shape index (κ1) is 18.2. The molecule has 3 heterocycles. The van der Waals surface area contributed by atoms with Crippen molar-refractivity contribution >= 4 is 32.5 Å². The Morgan fingerprint density at radius 1 is 1.24 bits per heavy atom. The molecule has 25 heavy (non-hydrogen) atoms.